The molecule has 0 amide bonds. The third kappa shape index (κ3) is 4.67. The van der Waals surface area contributed by atoms with Crippen LogP contribution >= 0.6 is 0 Å². The Morgan fingerprint density at radius 2 is 2.00 bits per heavy atom. The first-order valence-corrected chi connectivity index (χ1v) is 6.55. The lowest BCUT2D eigenvalue weighted by molar-refractivity contribution is 0.194. The van der Waals surface area contributed by atoms with Crippen molar-refractivity contribution in [3.63, 3.8) is 0 Å². The minimum atomic E-state index is -0.459. The summed E-state index contributed by atoms with van der Waals surface area (Å²) in [7, 11) is 0. The van der Waals surface area contributed by atoms with Crippen LogP contribution in [0.25, 0.3) is 0 Å². The quantitative estimate of drug-likeness (QED) is 0.732. The molecular formula is C15H25NO2. The predicted molar refractivity (Wildman–Crippen MR) is 74.9 cm³/mol. The molecule has 102 valence electrons. The number of aliphatic hydroxyl groups excluding tert-OH is 1. The van der Waals surface area contributed by atoms with E-state index in [0.29, 0.717) is 6.61 Å². The van der Waals surface area contributed by atoms with Crippen LogP contribution in [0.5, 0.6) is 5.75 Å². The van der Waals surface area contributed by atoms with E-state index in [2.05, 4.69) is 19.9 Å². The zero-order chi connectivity index (χ0) is 13.6. The molecule has 0 saturated heterocycles. The fourth-order valence-electron chi connectivity index (χ4n) is 1.77. The number of ether oxygens (including phenoxy) is 1. The molecule has 0 heterocycles. The average Bonchev–Trinajstić information content (AvgIpc) is 2.34. The van der Waals surface area contributed by atoms with E-state index in [1.165, 1.54) is 11.1 Å². The van der Waals surface area contributed by atoms with Gasteiger partial charge in [0.05, 0.1) is 13.2 Å². The van der Waals surface area contributed by atoms with E-state index in [0.717, 1.165) is 25.0 Å². The second-order valence-electron chi connectivity index (χ2n) is 5.32. The zero-order valence-electron chi connectivity index (χ0n) is 11.7. The number of aliphatic hydroxyl groups is 1. The number of benzene rings is 1. The van der Waals surface area contributed by atoms with Crippen molar-refractivity contribution in [1.29, 1.82) is 0 Å². The van der Waals surface area contributed by atoms with Gasteiger partial charge in [0, 0.05) is 5.54 Å². The van der Waals surface area contributed by atoms with Gasteiger partial charge in [-0.1, -0.05) is 12.1 Å². The van der Waals surface area contributed by atoms with E-state index in [9.17, 15) is 0 Å². The number of nitrogens with two attached hydrogens (primary N) is 1. The Labute approximate surface area is 110 Å². The van der Waals surface area contributed by atoms with Gasteiger partial charge in [0.1, 0.15) is 5.75 Å². The normalized spacial score (nSPS) is 14.3. The van der Waals surface area contributed by atoms with Crippen LogP contribution in [0.4, 0.5) is 0 Å². The molecule has 18 heavy (non-hydrogen) atoms. The lowest BCUT2D eigenvalue weighted by Crippen LogP contribution is -2.39. The topological polar surface area (TPSA) is 55.5 Å². The molecule has 0 saturated carbocycles. The first-order chi connectivity index (χ1) is 8.46. The van der Waals surface area contributed by atoms with Crippen molar-refractivity contribution >= 4 is 0 Å². The number of aryl methyl sites for hydroxylation is 1. The third-order valence-corrected chi connectivity index (χ3v) is 3.32. The molecule has 0 aliphatic rings. The minimum Gasteiger partial charge on any atom is -0.493 e. The van der Waals surface area contributed by atoms with Crippen LogP contribution in [0, 0.1) is 13.8 Å². The number of hydrogen-bond donors (Lipinski definition) is 2. The molecule has 1 unspecified atom stereocenters. The number of rotatable bonds is 7. The van der Waals surface area contributed by atoms with Crippen molar-refractivity contribution in [2.75, 3.05) is 13.2 Å². The maximum absolute atomic E-state index is 9.04. The van der Waals surface area contributed by atoms with E-state index in [-0.39, 0.29) is 6.61 Å². The van der Waals surface area contributed by atoms with E-state index >= 15 is 0 Å². The lowest BCUT2D eigenvalue weighted by atomic mass is 9.97. The molecule has 1 rings (SSSR count). The molecule has 1 aromatic carbocycles. The van der Waals surface area contributed by atoms with Gasteiger partial charge in [0.25, 0.3) is 0 Å². The summed E-state index contributed by atoms with van der Waals surface area (Å²) in [6.45, 7) is 6.77. The van der Waals surface area contributed by atoms with Gasteiger partial charge in [-0.3, -0.25) is 0 Å². The summed E-state index contributed by atoms with van der Waals surface area (Å²) in [6, 6.07) is 6.10. The zero-order valence-corrected chi connectivity index (χ0v) is 11.7. The van der Waals surface area contributed by atoms with Gasteiger partial charge < -0.3 is 15.6 Å². The maximum atomic E-state index is 9.04. The highest BCUT2D eigenvalue weighted by atomic mass is 16.5. The molecule has 0 bridgehead atoms. The van der Waals surface area contributed by atoms with Crippen LogP contribution in [-0.4, -0.2) is 23.9 Å². The fraction of sp³-hybridized carbons (Fsp3) is 0.600. The molecule has 0 fully saturated rings. The Bertz CT molecular complexity index is 375. The molecule has 0 spiro atoms. The maximum Gasteiger partial charge on any atom is 0.122 e. The van der Waals surface area contributed by atoms with Gasteiger partial charge in [-0.05, 0) is 57.2 Å². The highest BCUT2D eigenvalue weighted by Gasteiger charge is 2.15. The highest BCUT2D eigenvalue weighted by Crippen LogP contribution is 2.21. The van der Waals surface area contributed by atoms with Crippen LogP contribution in [0.2, 0.25) is 0 Å². The van der Waals surface area contributed by atoms with Crippen LogP contribution in [-0.2, 0) is 0 Å². The van der Waals surface area contributed by atoms with E-state index in [1.54, 1.807) is 0 Å². The van der Waals surface area contributed by atoms with Crippen LogP contribution in [0.3, 0.4) is 0 Å². The summed E-state index contributed by atoms with van der Waals surface area (Å²) in [5.41, 5.74) is 7.86. The summed E-state index contributed by atoms with van der Waals surface area (Å²) < 4.78 is 5.76. The van der Waals surface area contributed by atoms with Gasteiger partial charge in [-0.2, -0.15) is 0 Å². The van der Waals surface area contributed by atoms with Gasteiger partial charge >= 0.3 is 0 Å². The van der Waals surface area contributed by atoms with Crippen molar-refractivity contribution in [2.24, 2.45) is 5.73 Å². The Morgan fingerprint density at radius 3 is 2.67 bits per heavy atom. The first-order valence-electron chi connectivity index (χ1n) is 6.55. The van der Waals surface area contributed by atoms with Crippen molar-refractivity contribution in [3.05, 3.63) is 29.3 Å². The van der Waals surface area contributed by atoms with Crippen molar-refractivity contribution in [3.8, 4) is 5.75 Å². The monoisotopic (exact) mass is 251 g/mol. The molecule has 1 aromatic rings. The minimum absolute atomic E-state index is 0.0326. The molecule has 0 aliphatic carbocycles. The summed E-state index contributed by atoms with van der Waals surface area (Å²) in [4.78, 5) is 0. The van der Waals surface area contributed by atoms with Crippen LogP contribution in [0.15, 0.2) is 18.2 Å². The molecule has 0 aliphatic heterocycles. The molecule has 1 atom stereocenters. The molecule has 3 heteroatoms. The Hall–Kier alpha value is -1.06. The third-order valence-electron chi connectivity index (χ3n) is 3.32. The van der Waals surface area contributed by atoms with Crippen LogP contribution < -0.4 is 10.5 Å². The average molecular weight is 251 g/mol. The van der Waals surface area contributed by atoms with Gasteiger partial charge in [0.2, 0.25) is 0 Å². The van der Waals surface area contributed by atoms with Gasteiger partial charge in [0.15, 0.2) is 0 Å². The standard InChI is InChI=1S/C15H25NO2/c1-12-7-6-8-14(13(12)2)18-10-5-4-9-15(3,16)11-17/h6-8,17H,4-5,9-11,16H2,1-3H3. The molecule has 3 N–H and O–H groups in total. The summed E-state index contributed by atoms with van der Waals surface area (Å²) in [5.74, 6) is 0.965. The lowest BCUT2D eigenvalue weighted by Gasteiger charge is -2.21. The smallest absolute Gasteiger partial charge is 0.122 e. The second kappa shape index (κ2) is 6.76. The Kier molecular flexibility index (Phi) is 5.63. The summed E-state index contributed by atoms with van der Waals surface area (Å²) in [6.07, 6.45) is 2.75. The van der Waals surface area contributed by atoms with Crippen molar-refractivity contribution < 1.29 is 9.84 Å². The van der Waals surface area contributed by atoms with Crippen LogP contribution in [0.1, 0.15) is 37.3 Å². The van der Waals surface area contributed by atoms with E-state index in [1.807, 2.05) is 19.1 Å². The number of unbranched alkanes of at least 4 members (excludes halogenated alkanes) is 1. The first kappa shape index (κ1) is 15.0. The largest absolute Gasteiger partial charge is 0.493 e. The Morgan fingerprint density at radius 1 is 1.28 bits per heavy atom. The van der Waals surface area contributed by atoms with Crippen molar-refractivity contribution in [1.82, 2.24) is 0 Å². The molecule has 0 radical (unpaired) electrons. The van der Waals surface area contributed by atoms with E-state index in [4.69, 9.17) is 15.6 Å². The SMILES string of the molecule is Cc1cccc(OCCCCC(C)(N)CO)c1C. The number of hydrogen-bond acceptors (Lipinski definition) is 3. The summed E-state index contributed by atoms with van der Waals surface area (Å²) >= 11 is 0. The molecule has 0 aromatic heterocycles. The van der Waals surface area contributed by atoms with Crippen molar-refractivity contribution in [2.45, 2.75) is 45.6 Å². The highest BCUT2D eigenvalue weighted by molar-refractivity contribution is 5.38. The van der Waals surface area contributed by atoms with Gasteiger partial charge in [-0.15, -0.1) is 0 Å². The molecular weight excluding hydrogens is 226 g/mol. The van der Waals surface area contributed by atoms with E-state index < -0.39 is 5.54 Å². The molecule has 3 nitrogen and oxygen atoms in total. The summed E-state index contributed by atoms with van der Waals surface area (Å²) in [5, 5.41) is 9.04. The van der Waals surface area contributed by atoms with Gasteiger partial charge in [-0.25, -0.2) is 0 Å². The Balaban J connectivity index is 2.28. The predicted octanol–water partition coefficient (Wildman–Crippen LogP) is 2.56. The fourth-order valence-corrected chi connectivity index (χ4v) is 1.77. The second-order valence-corrected chi connectivity index (χ2v) is 5.32.